The quantitative estimate of drug-likeness (QED) is 0.540. The molecule has 0 aliphatic heterocycles. The number of anilines is 2. The second-order valence-electron chi connectivity index (χ2n) is 3.19. The highest BCUT2D eigenvalue weighted by molar-refractivity contribution is 14.1. The van der Waals surface area contributed by atoms with Crippen LogP contribution in [0.3, 0.4) is 0 Å². The van der Waals surface area contributed by atoms with E-state index in [4.69, 9.17) is 5.73 Å². The molecule has 0 atom stereocenters. The number of benzene rings is 1. The molecule has 0 heterocycles. The molecule has 0 aromatic heterocycles. The normalized spacial score (nSPS) is 11.4. The predicted octanol–water partition coefficient (Wildman–Crippen LogP) is 0.835. The fraction of sp³-hybridized carbons (Fsp3) is 0.333. The van der Waals surface area contributed by atoms with Crippen molar-refractivity contribution in [2.24, 2.45) is 0 Å². The minimum atomic E-state index is -3.15. The number of hydrogen-bond donors (Lipinski definition) is 3. The van der Waals surface area contributed by atoms with Crippen LogP contribution in [0.5, 0.6) is 0 Å². The Labute approximate surface area is 109 Å². The zero-order chi connectivity index (χ0) is 12.2. The highest BCUT2D eigenvalue weighted by atomic mass is 127. The summed E-state index contributed by atoms with van der Waals surface area (Å²) >= 11 is 2.15. The molecule has 4 N–H and O–H groups in total. The molecule has 0 amide bonds. The van der Waals surface area contributed by atoms with E-state index in [0.29, 0.717) is 12.2 Å². The molecule has 0 aliphatic carbocycles. The Bertz CT molecular complexity index is 462. The topological polar surface area (TPSA) is 84.2 Å². The van der Waals surface area contributed by atoms with E-state index in [0.717, 1.165) is 9.26 Å². The minimum Gasteiger partial charge on any atom is -0.399 e. The molecule has 0 fully saturated rings. The third kappa shape index (κ3) is 4.14. The summed E-state index contributed by atoms with van der Waals surface area (Å²) in [5, 5.41) is 3.05. The molecule has 0 unspecified atom stereocenters. The first-order valence-electron chi connectivity index (χ1n) is 4.65. The number of hydrogen-bond acceptors (Lipinski definition) is 4. The van der Waals surface area contributed by atoms with E-state index < -0.39 is 10.0 Å². The molecular weight excluding hydrogens is 341 g/mol. The van der Waals surface area contributed by atoms with Crippen molar-refractivity contribution in [2.75, 3.05) is 30.4 Å². The molecule has 16 heavy (non-hydrogen) atoms. The van der Waals surface area contributed by atoms with Gasteiger partial charge in [0.25, 0.3) is 0 Å². The molecule has 0 radical (unpaired) electrons. The van der Waals surface area contributed by atoms with Crippen LogP contribution in [-0.2, 0) is 10.0 Å². The maximum atomic E-state index is 11.2. The summed E-state index contributed by atoms with van der Waals surface area (Å²) < 4.78 is 25.5. The molecular formula is C9H14IN3O2S. The van der Waals surface area contributed by atoms with Gasteiger partial charge >= 0.3 is 0 Å². The maximum Gasteiger partial charge on any atom is 0.213 e. The predicted molar refractivity (Wildman–Crippen MR) is 74.9 cm³/mol. The van der Waals surface area contributed by atoms with Gasteiger partial charge in [0.05, 0.1) is 5.75 Å². The first-order valence-corrected chi connectivity index (χ1v) is 7.38. The Hall–Kier alpha value is -0.540. The van der Waals surface area contributed by atoms with Crippen LogP contribution in [0.2, 0.25) is 0 Å². The van der Waals surface area contributed by atoms with E-state index >= 15 is 0 Å². The standard InChI is InChI=1S/C9H14IN3O2S/c1-12-16(14,15)5-4-13-9-3-2-7(11)6-8(9)10/h2-3,6,12-13H,4-5,11H2,1H3. The lowest BCUT2D eigenvalue weighted by Crippen LogP contribution is -2.26. The molecule has 0 saturated heterocycles. The molecule has 90 valence electrons. The summed E-state index contributed by atoms with van der Waals surface area (Å²) in [6, 6.07) is 5.44. The number of nitrogens with one attached hydrogen (secondary N) is 2. The van der Waals surface area contributed by atoms with Crippen LogP contribution in [0.15, 0.2) is 18.2 Å². The van der Waals surface area contributed by atoms with Gasteiger partial charge in [-0.1, -0.05) is 0 Å². The average molecular weight is 355 g/mol. The van der Waals surface area contributed by atoms with Gasteiger partial charge in [0, 0.05) is 21.5 Å². The van der Waals surface area contributed by atoms with Crippen LogP contribution in [0.1, 0.15) is 0 Å². The lowest BCUT2D eigenvalue weighted by atomic mass is 10.3. The van der Waals surface area contributed by atoms with Gasteiger partial charge in [0.15, 0.2) is 0 Å². The van der Waals surface area contributed by atoms with Gasteiger partial charge in [-0.05, 0) is 47.8 Å². The summed E-state index contributed by atoms with van der Waals surface area (Å²) in [4.78, 5) is 0. The Balaban J connectivity index is 2.56. The highest BCUT2D eigenvalue weighted by Crippen LogP contribution is 2.20. The number of sulfonamides is 1. The molecule has 1 rings (SSSR count). The van der Waals surface area contributed by atoms with Gasteiger partial charge in [0.1, 0.15) is 0 Å². The van der Waals surface area contributed by atoms with Gasteiger partial charge in [-0.2, -0.15) is 0 Å². The van der Waals surface area contributed by atoms with Crippen molar-refractivity contribution in [3.8, 4) is 0 Å². The van der Waals surface area contributed by atoms with Gasteiger partial charge < -0.3 is 11.1 Å². The zero-order valence-electron chi connectivity index (χ0n) is 8.83. The highest BCUT2D eigenvalue weighted by Gasteiger charge is 2.06. The Morgan fingerprint density at radius 1 is 1.44 bits per heavy atom. The molecule has 0 bridgehead atoms. The van der Waals surface area contributed by atoms with Gasteiger partial charge in [0.2, 0.25) is 10.0 Å². The molecule has 0 saturated carbocycles. The smallest absolute Gasteiger partial charge is 0.213 e. The van der Waals surface area contributed by atoms with Crippen molar-refractivity contribution in [2.45, 2.75) is 0 Å². The van der Waals surface area contributed by atoms with Crippen molar-refractivity contribution >= 4 is 44.0 Å². The third-order valence-corrected chi connectivity index (χ3v) is 4.25. The van der Waals surface area contributed by atoms with Crippen molar-refractivity contribution < 1.29 is 8.42 Å². The summed E-state index contributed by atoms with van der Waals surface area (Å²) in [6.45, 7) is 0.364. The number of halogens is 1. The van der Waals surface area contributed by atoms with Crippen molar-refractivity contribution in [1.29, 1.82) is 0 Å². The van der Waals surface area contributed by atoms with Crippen molar-refractivity contribution in [3.05, 3.63) is 21.8 Å². The lowest BCUT2D eigenvalue weighted by molar-refractivity contribution is 0.588. The van der Waals surface area contributed by atoms with Crippen molar-refractivity contribution in [1.82, 2.24) is 4.72 Å². The summed E-state index contributed by atoms with van der Waals surface area (Å²) in [7, 11) is -1.75. The van der Waals surface area contributed by atoms with Crippen LogP contribution in [0, 0.1) is 3.57 Å². The Morgan fingerprint density at radius 3 is 2.69 bits per heavy atom. The number of rotatable bonds is 5. The van der Waals surface area contributed by atoms with Crippen LogP contribution in [0.4, 0.5) is 11.4 Å². The van der Waals surface area contributed by atoms with Gasteiger partial charge in [-0.15, -0.1) is 0 Å². The summed E-state index contributed by atoms with van der Waals surface area (Å²) in [6.07, 6.45) is 0. The summed E-state index contributed by atoms with van der Waals surface area (Å²) in [5.74, 6) is 0.0456. The molecule has 7 heteroatoms. The SMILES string of the molecule is CNS(=O)(=O)CCNc1ccc(N)cc1I. The Kier molecular flexibility index (Phi) is 4.81. The second kappa shape index (κ2) is 5.69. The first-order chi connectivity index (χ1) is 7.44. The first kappa shape index (κ1) is 13.5. The van der Waals surface area contributed by atoms with E-state index in [1.807, 2.05) is 12.1 Å². The van der Waals surface area contributed by atoms with Crippen LogP contribution in [0.25, 0.3) is 0 Å². The minimum absolute atomic E-state index is 0.0456. The Morgan fingerprint density at radius 2 is 2.12 bits per heavy atom. The zero-order valence-corrected chi connectivity index (χ0v) is 11.8. The van der Waals surface area contributed by atoms with E-state index in [9.17, 15) is 8.42 Å². The van der Waals surface area contributed by atoms with Gasteiger partial charge in [-0.25, -0.2) is 13.1 Å². The largest absolute Gasteiger partial charge is 0.399 e. The number of nitrogen functional groups attached to an aromatic ring is 1. The third-order valence-electron chi connectivity index (χ3n) is 1.99. The molecule has 1 aromatic carbocycles. The molecule has 5 nitrogen and oxygen atoms in total. The second-order valence-corrected chi connectivity index (χ2v) is 6.40. The fourth-order valence-corrected chi connectivity index (χ4v) is 2.40. The van der Waals surface area contributed by atoms with E-state index in [1.165, 1.54) is 7.05 Å². The van der Waals surface area contributed by atoms with Gasteiger partial charge in [-0.3, -0.25) is 0 Å². The average Bonchev–Trinajstić information content (AvgIpc) is 2.21. The van der Waals surface area contributed by atoms with Crippen LogP contribution >= 0.6 is 22.6 Å². The lowest BCUT2D eigenvalue weighted by Gasteiger charge is -2.09. The summed E-state index contributed by atoms with van der Waals surface area (Å²) in [5.41, 5.74) is 7.19. The molecule has 0 spiro atoms. The number of nitrogens with two attached hydrogens (primary N) is 1. The molecule has 1 aromatic rings. The van der Waals surface area contributed by atoms with Crippen LogP contribution in [-0.4, -0.2) is 27.8 Å². The monoisotopic (exact) mass is 355 g/mol. The fourth-order valence-electron chi connectivity index (χ4n) is 1.10. The molecule has 0 aliphatic rings. The van der Waals surface area contributed by atoms with E-state index in [2.05, 4.69) is 32.6 Å². The maximum absolute atomic E-state index is 11.2. The van der Waals surface area contributed by atoms with E-state index in [1.54, 1.807) is 6.07 Å². The van der Waals surface area contributed by atoms with Crippen LogP contribution < -0.4 is 15.8 Å². The van der Waals surface area contributed by atoms with Crippen molar-refractivity contribution in [3.63, 3.8) is 0 Å². The van der Waals surface area contributed by atoms with E-state index in [-0.39, 0.29) is 5.75 Å².